The number of hydrogen-bond donors (Lipinski definition) is 0. The molecule has 2 heteroatoms. The van der Waals surface area contributed by atoms with Gasteiger partial charge < -0.3 is 4.74 Å². The Morgan fingerprint density at radius 1 is 1.15 bits per heavy atom. The zero-order chi connectivity index (χ0) is 14.4. The highest BCUT2D eigenvalue weighted by Crippen LogP contribution is 2.34. The van der Waals surface area contributed by atoms with Gasteiger partial charge in [-0.3, -0.25) is 4.79 Å². The van der Waals surface area contributed by atoms with Crippen molar-refractivity contribution >= 4 is 5.78 Å². The van der Waals surface area contributed by atoms with Gasteiger partial charge in [-0.1, -0.05) is 32.4 Å². The third-order valence-corrected chi connectivity index (χ3v) is 4.41. The molecule has 2 nitrogen and oxygen atoms in total. The second kappa shape index (κ2) is 7.47. The molecule has 1 aliphatic carbocycles. The first-order chi connectivity index (χ1) is 9.76. The molecule has 0 bridgehead atoms. The molecule has 1 saturated carbocycles. The number of ketones is 1. The van der Waals surface area contributed by atoms with Gasteiger partial charge in [-0.15, -0.1) is 0 Å². The summed E-state index contributed by atoms with van der Waals surface area (Å²) in [5, 5.41) is 0. The Balaban J connectivity index is 2.05. The topological polar surface area (TPSA) is 26.3 Å². The van der Waals surface area contributed by atoms with Crippen molar-refractivity contribution in [3.05, 3.63) is 29.8 Å². The third-order valence-electron chi connectivity index (χ3n) is 4.41. The molecule has 1 aromatic carbocycles. The van der Waals surface area contributed by atoms with Crippen LogP contribution in [0.3, 0.4) is 0 Å². The van der Waals surface area contributed by atoms with Crippen molar-refractivity contribution in [3.8, 4) is 5.75 Å². The Kier molecular flexibility index (Phi) is 5.63. The summed E-state index contributed by atoms with van der Waals surface area (Å²) >= 11 is 0. The minimum Gasteiger partial charge on any atom is -0.493 e. The lowest BCUT2D eigenvalue weighted by molar-refractivity contribution is 0.0867. The molecule has 0 aliphatic heterocycles. The van der Waals surface area contributed by atoms with E-state index >= 15 is 0 Å². The summed E-state index contributed by atoms with van der Waals surface area (Å²) in [4.78, 5) is 12.7. The fourth-order valence-corrected chi connectivity index (χ4v) is 3.06. The Hall–Kier alpha value is -1.31. The molecular weight excluding hydrogens is 248 g/mol. The van der Waals surface area contributed by atoms with E-state index in [1.54, 1.807) is 0 Å². The smallest absolute Gasteiger partial charge is 0.169 e. The number of benzene rings is 1. The fraction of sp³-hybridized carbons (Fsp3) is 0.611. The molecule has 0 spiro atoms. The molecule has 0 atom stereocenters. The first-order valence-electron chi connectivity index (χ1n) is 8.02. The molecule has 0 unspecified atom stereocenters. The zero-order valence-electron chi connectivity index (χ0n) is 12.7. The molecule has 0 amide bonds. The standard InChI is InChI=1S/C18H26O2/c1-3-13-20-17-8-6-5-7-16(17)18(19)15-11-9-14(4-2)10-12-15/h5-8,14-15H,3-4,9-13H2,1-2H3. The molecule has 0 saturated heterocycles. The van der Waals surface area contributed by atoms with Crippen LogP contribution in [0.2, 0.25) is 0 Å². The van der Waals surface area contributed by atoms with E-state index in [9.17, 15) is 4.79 Å². The average Bonchev–Trinajstić information content (AvgIpc) is 2.52. The Bertz CT molecular complexity index is 431. The van der Waals surface area contributed by atoms with Crippen molar-refractivity contribution in [2.75, 3.05) is 6.61 Å². The van der Waals surface area contributed by atoms with Crippen LogP contribution in [0, 0.1) is 11.8 Å². The lowest BCUT2D eigenvalue weighted by atomic mass is 9.77. The predicted octanol–water partition coefficient (Wildman–Crippen LogP) is 4.87. The van der Waals surface area contributed by atoms with Gasteiger partial charge in [0, 0.05) is 5.92 Å². The van der Waals surface area contributed by atoms with Gasteiger partial charge in [-0.25, -0.2) is 0 Å². The van der Waals surface area contributed by atoms with Crippen molar-refractivity contribution < 1.29 is 9.53 Å². The van der Waals surface area contributed by atoms with Crippen molar-refractivity contribution in [2.45, 2.75) is 52.4 Å². The maximum atomic E-state index is 12.7. The first kappa shape index (κ1) is 15.1. The van der Waals surface area contributed by atoms with Gasteiger partial charge in [0.25, 0.3) is 0 Å². The molecular formula is C18H26O2. The summed E-state index contributed by atoms with van der Waals surface area (Å²) in [7, 11) is 0. The molecule has 110 valence electrons. The van der Waals surface area contributed by atoms with Crippen molar-refractivity contribution in [3.63, 3.8) is 0 Å². The summed E-state index contributed by atoms with van der Waals surface area (Å²) in [5.74, 6) is 2.07. The number of hydrogen-bond acceptors (Lipinski definition) is 2. The molecule has 1 fully saturated rings. The monoisotopic (exact) mass is 274 g/mol. The van der Waals surface area contributed by atoms with Crippen LogP contribution in [0.5, 0.6) is 5.75 Å². The molecule has 20 heavy (non-hydrogen) atoms. The summed E-state index contributed by atoms with van der Waals surface area (Å²) in [6.07, 6.45) is 6.69. The Morgan fingerprint density at radius 3 is 2.50 bits per heavy atom. The van der Waals surface area contributed by atoms with Crippen LogP contribution >= 0.6 is 0 Å². The predicted molar refractivity (Wildman–Crippen MR) is 82.3 cm³/mol. The average molecular weight is 274 g/mol. The number of Topliss-reactive ketones (excluding diaryl/α,β-unsaturated/α-hetero) is 1. The highest BCUT2D eigenvalue weighted by Gasteiger charge is 2.27. The molecule has 0 N–H and O–H groups in total. The van der Waals surface area contributed by atoms with E-state index < -0.39 is 0 Å². The third kappa shape index (κ3) is 3.62. The lowest BCUT2D eigenvalue weighted by Crippen LogP contribution is -2.22. The van der Waals surface area contributed by atoms with Gasteiger partial charge in [-0.2, -0.15) is 0 Å². The van der Waals surface area contributed by atoms with E-state index in [2.05, 4.69) is 13.8 Å². The van der Waals surface area contributed by atoms with Crippen LogP contribution in [0.1, 0.15) is 62.7 Å². The van der Waals surface area contributed by atoms with Gasteiger partial charge in [0.15, 0.2) is 5.78 Å². The Labute approximate surface area is 122 Å². The lowest BCUT2D eigenvalue weighted by Gasteiger charge is -2.27. The zero-order valence-corrected chi connectivity index (χ0v) is 12.7. The summed E-state index contributed by atoms with van der Waals surface area (Å²) in [5.41, 5.74) is 0.779. The SMILES string of the molecule is CCCOc1ccccc1C(=O)C1CCC(CC)CC1. The number of para-hydroxylation sites is 1. The van der Waals surface area contributed by atoms with Crippen LogP contribution in [0.25, 0.3) is 0 Å². The molecule has 0 heterocycles. The molecule has 0 radical (unpaired) electrons. The number of carbonyl (C=O) groups is 1. The van der Waals surface area contributed by atoms with E-state index in [0.29, 0.717) is 6.61 Å². The summed E-state index contributed by atoms with van der Waals surface area (Å²) in [6, 6.07) is 7.71. The van der Waals surface area contributed by atoms with Crippen LogP contribution < -0.4 is 4.74 Å². The molecule has 1 aromatic rings. The minimum atomic E-state index is 0.198. The second-order valence-electron chi connectivity index (χ2n) is 5.83. The quantitative estimate of drug-likeness (QED) is 0.691. The maximum Gasteiger partial charge on any atom is 0.169 e. The van der Waals surface area contributed by atoms with Crippen LogP contribution in [-0.2, 0) is 0 Å². The van der Waals surface area contributed by atoms with Gasteiger partial charge in [-0.05, 0) is 50.2 Å². The van der Waals surface area contributed by atoms with E-state index in [4.69, 9.17) is 4.74 Å². The minimum absolute atomic E-state index is 0.198. The van der Waals surface area contributed by atoms with E-state index in [0.717, 1.165) is 36.5 Å². The summed E-state index contributed by atoms with van der Waals surface area (Å²) < 4.78 is 5.72. The largest absolute Gasteiger partial charge is 0.493 e. The fourth-order valence-electron chi connectivity index (χ4n) is 3.06. The van der Waals surface area contributed by atoms with Crippen molar-refractivity contribution in [1.82, 2.24) is 0 Å². The van der Waals surface area contributed by atoms with Gasteiger partial charge >= 0.3 is 0 Å². The molecule has 0 aromatic heterocycles. The number of ether oxygens (including phenoxy) is 1. The van der Waals surface area contributed by atoms with Gasteiger partial charge in [0.1, 0.15) is 5.75 Å². The van der Waals surface area contributed by atoms with Crippen LogP contribution in [0.15, 0.2) is 24.3 Å². The second-order valence-corrected chi connectivity index (χ2v) is 5.83. The first-order valence-corrected chi connectivity index (χ1v) is 8.02. The van der Waals surface area contributed by atoms with Gasteiger partial charge in [0.2, 0.25) is 0 Å². The number of carbonyl (C=O) groups excluding carboxylic acids is 1. The maximum absolute atomic E-state index is 12.7. The van der Waals surface area contributed by atoms with E-state index in [1.165, 1.54) is 19.3 Å². The summed E-state index contributed by atoms with van der Waals surface area (Å²) in [6.45, 7) is 5.00. The van der Waals surface area contributed by atoms with Crippen LogP contribution in [0.4, 0.5) is 0 Å². The van der Waals surface area contributed by atoms with Crippen molar-refractivity contribution in [2.24, 2.45) is 11.8 Å². The molecule has 1 aliphatic rings. The van der Waals surface area contributed by atoms with E-state index in [-0.39, 0.29) is 11.7 Å². The van der Waals surface area contributed by atoms with Crippen LogP contribution in [-0.4, -0.2) is 12.4 Å². The molecule has 2 rings (SSSR count). The van der Waals surface area contributed by atoms with E-state index in [1.807, 2.05) is 24.3 Å². The Morgan fingerprint density at radius 2 is 1.85 bits per heavy atom. The highest BCUT2D eigenvalue weighted by atomic mass is 16.5. The van der Waals surface area contributed by atoms with Gasteiger partial charge in [0.05, 0.1) is 12.2 Å². The van der Waals surface area contributed by atoms with Crippen molar-refractivity contribution in [1.29, 1.82) is 0 Å². The normalized spacial score (nSPS) is 22.5. The number of rotatable bonds is 6. The highest BCUT2D eigenvalue weighted by molar-refractivity contribution is 6.00.